The number of phenols is 1. The van der Waals surface area contributed by atoms with Crippen LogP contribution in [-0.4, -0.2) is 32.2 Å². The molecule has 1 heterocycles. The summed E-state index contributed by atoms with van der Waals surface area (Å²) >= 11 is 0. The Bertz CT molecular complexity index is 1110. The molecule has 2 aromatic carbocycles. The lowest BCUT2D eigenvalue weighted by Crippen LogP contribution is -2.23. The highest BCUT2D eigenvalue weighted by molar-refractivity contribution is 6.03. The summed E-state index contributed by atoms with van der Waals surface area (Å²) in [6, 6.07) is 6.91. The Morgan fingerprint density at radius 1 is 1.15 bits per heavy atom. The van der Waals surface area contributed by atoms with E-state index in [0.717, 1.165) is 17.6 Å². The second kappa shape index (κ2) is 10.7. The lowest BCUT2D eigenvalue weighted by Gasteiger charge is -2.30. The zero-order valence-corrected chi connectivity index (χ0v) is 20.9. The van der Waals surface area contributed by atoms with Crippen molar-refractivity contribution in [2.24, 2.45) is 5.92 Å². The number of allylic oxidation sites excluding steroid dienone is 3. The minimum absolute atomic E-state index is 0.0363. The molecule has 2 aromatic rings. The van der Waals surface area contributed by atoms with Crippen LogP contribution < -0.4 is 18.9 Å². The third-order valence-electron chi connectivity index (χ3n) is 6.20. The van der Waals surface area contributed by atoms with Crippen LogP contribution in [-0.2, 0) is 6.42 Å². The van der Waals surface area contributed by atoms with E-state index in [9.17, 15) is 9.90 Å². The Morgan fingerprint density at radius 3 is 2.44 bits per heavy atom. The van der Waals surface area contributed by atoms with Crippen LogP contribution in [0, 0.1) is 5.92 Å². The first-order valence-corrected chi connectivity index (χ1v) is 11.3. The monoisotopic (exact) mass is 466 g/mol. The maximum atomic E-state index is 13.3. The number of benzene rings is 2. The van der Waals surface area contributed by atoms with E-state index in [-0.39, 0.29) is 23.9 Å². The predicted octanol–water partition coefficient (Wildman–Crippen LogP) is 6.22. The van der Waals surface area contributed by atoms with Gasteiger partial charge in [0.15, 0.2) is 5.78 Å². The molecule has 3 rings (SSSR count). The van der Waals surface area contributed by atoms with Gasteiger partial charge in [-0.25, -0.2) is 0 Å². The van der Waals surface area contributed by atoms with Crippen LogP contribution >= 0.6 is 0 Å². The molecule has 6 heteroatoms. The first kappa shape index (κ1) is 25.2. The molecule has 1 aliphatic heterocycles. The molecular formula is C28H34O6. The Balaban J connectivity index is 2.10. The van der Waals surface area contributed by atoms with Gasteiger partial charge in [-0.3, -0.25) is 4.79 Å². The summed E-state index contributed by atoms with van der Waals surface area (Å²) in [5, 5.41) is 10.9. The Labute approximate surface area is 201 Å². The minimum atomic E-state index is -0.577. The molecule has 0 fully saturated rings. The number of hydrogen-bond donors (Lipinski definition) is 1. The molecule has 2 atom stereocenters. The van der Waals surface area contributed by atoms with Gasteiger partial charge < -0.3 is 24.1 Å². The molecule has 0 spiro atoms. The van der Waals surface area contributed by atoms with Crippen molar-refractivity contribution in [1.82, 2.24) is 0 Å². The van der Waals surface area contributed by atoms with E-state index in [1.54, 1.807) is 20.3 Å². The van der Waals surface area contributed by atoms with Crippen LogP contribution in [0.3, 0.4) is 0 Å². The van der Waals surface area contributed by atoms with Crippen molar-refractivity contribution in [3.8, 4) is 28.7 Å². The van der Waals surface area contributed by atoms with Gasteiger partial charge in [-0.1, -0.05) is 23.8 Å². The van der Waals surface area contributed by atoms with Crippen LogP contribution in [0.4, 0.5) is 0 Å². The fraction of sp³-hybridized carbons (Fsp3) is 0.393. The van der Waals surface area contributed by atoms with E-state index < -0.39 is 6.10 Å². The smallest absolute Gasteiger partial charge is 0.174 e. The van der Waals surface area contributed by atoms with Crippen LogP contribution in [0.2, 0.25) is 0 Å². The number of carbonyl (C=O) groups is 1. The fourth-order valence-corrected chi connectivity index (χ4v) is 4.21. The molecule has 0 saturated carbocycles. The number of ketones is 1. The van der Waals surface area contributed by atoms with Gasteiger partial charge in [-0.2, -0.15) is 0 Å². The standard InChI is InChI=1S/C28H34O6/c1-16(2)8-9-18(17(3)4)12-21-22(29)14-26(33-7)27-23(30)15-25(34-28(21)27)20-11-10-19(31-5)13-24(20)32-6/h8,10-11,13-14,18,25,29H,3,9,12,15H2,1-2,4-7H3/t18?,25-/m0/s1. The molecule has 0 radical (unpaired) electrons. The van der Waals surface area contributed by atoms with Crippen molar-refractivity contribution in [2.75, 3.05) is 21.3 Å². The second-order valence-corrected chi connectivity index (χ2v) is 8.89. The second-order valence-electron chi connectivity index (χ2n) is 8.89. The Kier molecular flexibility index (Phi) is 7.92. The summed E-state index contributed by atoms with van der Waals surface area (Å²) in [6.07, 6.45) is 2.96. The van der Waals surface area contributed by atoms with Crippen LogP contribution in [0.5, 0.6) is 28.7 Å². The lowest BCUT2D eigenvalue weighted by atomic mass is 9.86. The van der Waals surface area contributed by atoms with Gasteiger partial charge >= 0.3 is 0 Å². The molecule has 0 bridgehead atoms. The fourth-order valence-electron chi connectivity index (χ4n) is 4.21. The zero-order valence-electron chi connectivity index (χ0n) is 20.9. The SMILES string of the molecule is C=C(C)C(CC=C(C)C)Cc1c(O)cc(OC)c2c1O[C@H](c1ccc(OC)cc1OC)CC2=O. The van der Waals surface area contributed by atoms with E-state index in [2.05, 4.69) is 26.5 Å². The molecule has 0 aliphatic carbocycles. The summed E-state index contributed by atoms with van der Waals surface area (Å²) in [5.41, 5.74) is 3.89. The van der Waals surface area contributed by atoms with Gasteiger partial charge in [0.2, 0.25) is 0 Å². The van der Waals surface area contributed by atoms with Gasteiger partial charge in [0.25, 0.3) is 0 Å². The number of phenolic OH excluding ortho intramolecular Hbond substituents is 1. The average Bonchev–Trinajstić information content (AvgIpc) is 2.81. The molecule has 34 heavy (non-hydrogen) atoms. The van der Waals surface area contributed by atoms with Crippen molar-refractivity contribution < 1.29 is 28.8 Å². The van der Waals surface area contributed by atoms with E-state index in [1.165, 1.54) is 18.7 Å². The van der Waals surface area contributed by atoms with Crippen LogP contribution in [0.25, 0.3) is 0 Å². The predicted molar refractivity (Wildman–Crippen MR) is 133 cm³/mol. The Morgan fingerprint density at radius 2 is 1.85 bits per heavy atom. The number of carbonyl (C=O) groups excluding carboxylic acids is 1. The quantitative estimate of drug-likeness (QED) is 0.443. The number of fused-ring (bicyclic) bond motifs is 1. The molecule has 1 unspecified atom stereocenters. The van der Waals surface area contributed by atoms with E-state index in [1.807, 2.05) is 19.1 Å². The van der Waals surface area contributed by atoms with E-state index in [4.69, 9.17) is 18.9 Å². The zero-order chi connectivity index (χ0) is 25.0. The highest BCUT2D eigenvalue weighted by Crippen LogP contribution is 2.48. The molecule has 182 valence electrons. The molecule has 0 saturated heterocycles. The first-order valence-electron chi connectivity index (χ1n) is 11.3. The molecule has 1 aliphatic rings. The van der Waals surface area contributed by atoms with Gasteiger partial charge in [-0.05, 0) is 51.7 Å². The summed E-state index contributed by atoms with van der Waals surface area (Å²) in [7, 11) is 4.63. The highest BCUT2D eigenvalue weighted by Gasteiger charge is 2.35. The van der Waals surface area contributed by atoms with Crippen molar-refractivity contribution in [3.05, 3.63) is 64.8 Å². The summed E-state index contributed by atoms with van der Waals surface area (Å²) in [6.45, 7) is 10.2. The molecular weight excluding hydrogens is 432 g/mol. The number of methoxy groups -OCH3 is 3. The molecule has 0 aromatic heterocycles. The topological polar surface area (TPSA) is 74.2 Å². The van der Waals surface area contributed by atoms with Crippen molar-refractivity contribution in [3.63, 3.8) is 0 Å². The van der Waals surface area contributed by atoms with Crippen molar-refractivity contribution >= 4 is 5.78 Å². The largest absolute Gasteiger partial charge is 0.507 e. The van der Waals surface area contributed by atoms with E-state index in [0.29, 0.717) is 40.5 Å². The molecule has 6 nitrogen and oxygen atoms in total. The maximum Gasteiger partial charge on any atom is 0.174 e. The third-order valence-corrected chi connectivity index (χ3v) is 6.20. The van der Waals surface area contributed by atoms with Crippen molar-refractivity contribution in [1.29, 1.82) is 0 Å². The summed E-state index contributed by atoms with van der Waals surface area (Å²) in [5.74, 6) is 1.88. The number of hydrogen-bond acceptors (Lipinski definition) is 6. The van der Waals surface area contributed by atoms with Gasteiger partial charge in [0, 0.05) is 23.3 Å². The lowest BCUT2D eigenvalue weighted by molar-refractivity contribution is 0.0838. The number of aromatic hydroxyl groups is 1. The van der Waals surface area contributed by atoms with Gasteiger partial charge in [0.1, 0.15) is 40.4 Å². The molecule has 0 amide bonds. The Hall–Kier alpha value is -3.41. The van der Waals surface area contributed by atoms with Crippen molar-refractivity contribution in [2.45, 2.75) is 46.1 Å². The third kappa shape index (κ3) is 5.22. The average molecular weight is 467 g/mol. The first-order chi connectivity index (χ1) is 16.2. The van der Waals surface area contributed by atoms with Crippen LogP contribution in [0.15, 0.2) is 48.1 Å². The van der Waals surface area contributed by atoms with Gasteiger partial charge in [-0.15, -0.1) is 0 Å². The number of Topliss-reactive ketones (excluding diaryl/α,β-unsaturated/α-hetero) is 1. The maximum absolute atomic E-state index is 13.3. The normalized spacial score (nSPS) is 15.6. The van der Waals surface area contributed by atoms with E-state index >= 15 is 0 Å². The minimum Gasteiger partial charge on any atom is -0.507 e. The number of rotatable bonds is 9. The summed E-state index contributed by atoms with van der Waals surface area (Å²) in [4.78, 5) is 13.3. The summed E-state index contributed by atoms with van der Waals surface area (Å²) < 4.78 is 22.7. The van der Waals surface area contributed by atoms with Gasteiger partial charge in [0.05, 0.1) is 27.8 Å². The van der Waals surface area contributed by atoms with Crippen LogP contribution in [0.1, 0.15) is 61.2 Å². The highest BCUT2D eigenvalue weighted by atomic mass is 16.5. The number of ether oxygens (including phenoxy) is 4. The molecule has 1 N–H and O–H groups in total.